The van der Waals surface area contributed by atoms with E-state index in [-0.39, 0.29) is 11.4 Å². The van der Waals surface area contributed by atoms with Gasteiger partial charge < -0.3 is 15.5 Å². The Morgan fingerprint density at radius 1 is 1.21 bits per heavy atom. The number of aliphatic imine (C=N–C) groups is 1. The summed E-state index contributed by atoms with van der Waals surface area (Å²) in [7, 11) is 0. The largest absolute Gasteiger partial charge is 0.370 e. The molecule has 6 heteroatoms. The lowest BCUT2D eigenvalue weighted by atomic mass is 9.84. The second-order valence-electron chi connectivity index (χ2n) is 8.97. The fourth-order valence-corrected chi connectivity index (χ4v) is 4.09. The van der Waals surface area contributed by atoms with Gasteiger partial charge in [-0.05, 0) is 57.4 Å². The van der Waals surface area contributed by atoms with Crippen molar-refractivity contribution < 1.29 is 4.79 Å². The Morgan fingerprint density at radius 2 is 2.00 bits per heavy atom. The summed E-state index contributed by atoms with van der Waals surface area (Å²) in [4.78, 5) is 24.2. The van der Waals surface area contributed by atoms with Crippen LogP contribution in [0.25, 0.3) is 0 Å². The number of amides is 1. The summed E-state index contributed by atoms with van der Waals surface area (Å²) in [6.07, 6.45) is 5.73. The van der Waals surface area contributed by atoms with Gasteiger partial charge in [-0.3, -0.25) is 14.8 Å². The van der Waals surface area contributed by atoms with E-state index >= 15 is 0 Å². The van der Waals surface area contributed by atoms with E-state index in [2.05, 4.69) is 48.5 Å². The Balaban J connectivity index is 1.63. The molecule has 6 nitrogen and oxygen atoms in total. The third-order valence-electron chi connectivity index (χ3n) is 5.38. The van der Waals surface area contributed by atoms with Crippen LogP contribution in [0, 0.1) is 0 Å². The molecule has 3 heterocycles. The number of carbonyl (C=O) groups is 1. The minimum atomic E-state index is -0.398. The number of carbonyl (C=O) groups excluding carboxylic acids is 1. The molecule has 0 bridgehead atoms. The number of piperidine rings is 1. The summed E-state index contributed by atoms with van der Waals surface area (Å²) in [6.45, 7) is 7.67. The molecule has 4 rings (SSSR count). The smallest absolute Gasteiger partial charge is 0.227 e. The Bertz CT molecular complexity index is 918. The van der Waals surface area contributed by atoms with Crippen molar-refractivity contribution in [2.75, 3.05) is 23.7 Å². The summed E-state index contributed by atoms with van der Waals surface area (Å²) in [5.41, 5.74) is 2.41. The van der Waals surface area contributed by atoms with E-state index in [1.807, 2.05) is 29.2 Å². The molecule has 2 aliphatic heterocycles. The third-order valence-corrected chi connectivity index (χ3v) is 5.38. The first-order chi connectivity index (χ1) is 13.8. The van der Waals surface area contributed by atoms with Crippen LogP contribution in [0.1, 0.15) is 39.2 Å². The second-order valence-corrected chi connectivity index (χ2v) is 8.97. The highest BCUT2D eigenvalue weighted by Crippen LogP contribution is 2.37. The SMILES string of the molecule is CC(C)(C)N=C1Nc2ccccc2N[C@]12CCCN(C(=O)Cc1cccnc1)C2. The topological polar surface area (TPSA) is 69.6 Å². The molecule has 2 aliphatic rings. The van der Waals surface area contributed by atoms with Crippen LogP contribution >= 0.6 is 0 Å². The van der Waals surface area contributed by atoms with Crippen LogP contribution in [-0.2, 0) is 11.2 Å². The Morgan fingerprint density at radius 3 is 2.72 bits per heavy atom. The Hall–Kier alpha value is -2.89. The van der Waals surface area contributed by atoms with Crippen molar-refractivity contribution in [2.24, 2.45) is 4.99 Å². The van der Waals surface area contributed by atoms with Crippen molar-refractivity contribution in [1.82, 2.24) is 9.88 Å². The minimum Gasteiger partial charge on any atom is -0.370 e. The summed E-state index contributed by atoms with van der Waals surface area (Å²) >= 11 is 0. The van der Waals surface area contributed by atoms with E-state index in [1.165, 1.54) is 0 Å². The quantitative estimate of drug-likeness (QED) is 0.819. The number of likely N-dealkylation sites (tertiary alicyclic amines) is 1. The van der Waals surface area contributed by atoms with Crippen LogP contribution in [0.4, 0.5) is 11.4 Å². The lowest BCUT2D eigenvalue weighted by Crippen LogP contribution is -2.63. The Kier molecular flexibility index (Phi) is 5.03. The molecular weight excluding hydrogens is 362 g/mol. The van der Waals surface area contributed by atoms with Gasteiger partial charge in [-0.2, -0.15) is 0 Å². The number of hydrogen-bond acceptors (Lipinski definition) is 4. The van der Waals surface area contributed by atoms with Crippen LogP contribution in [-0.4, -0.2) is 45.8 Å². The van der Waals surface area contributed by atoms with Gasteiger partial charge in [0.25, 0.3) is 0 Å². The molecule has 1 amide bonds. The van der Waals surface area contributed by atoms with Gasteiger partial charge in [-0.1, -0.05) is 18.2 Å². The van der Waals surface area contributed by atoms with Crippen LogP contribution < -0.4 is 10.6 Å². The number of pyridine rings is 1. The molecule has 29 heavy (non-hydrogen) atoms. The van der Waals surface area contributed by atoms with E-state index in [4.69, 9.17) is 4.99 Å². The molecule has 0 unspecified atom stereocenters. The van der Waals surface area contributed by atoms with Gasteiger partial charge in [0.1, 0.15) is 11.4 Å². The molecule has 152 valence electrons. The standard InChI is InChI=1S/C23H29N5O/c1-22(2,3)27-21-23(26-19-10-5-4-9-18(19)25-21)11-7-13-28(16-23)20(29)14-17-8-6-12-24-15-17/h4-6,8-10,12,15,26H,7,11,13-14,16H2,1-3H3,(H,25,27)/t23-/m0/s1. The molecule has 1 aromatic carbocycles. The summed E-state index contributed by atoms with van der Waals surface area (Å²) in [6, 6.07) is 12.0. The molecule has 2 N–H and O–H groups in total. The van der Waals surface area contributed by atoms with E-state index in [0.29, 0.717) is 13.0 Å². The first kappa shape index (κ1) is 19.4. The van der Waals surface area contributed by atoms with Crippen LogP contribution in [0.5, 0.6) is 0 Å². The van der Waals surface area contributed by atoms with Crippen molar-refractivity contribution in [1.29, 1.82) is 0 Å². The second kappa shape index (κ2) is 7.50. The highest BCUT2D eigenvalue weighted by Gasteiger charge is 2.45. The van der Waals surface area contributed by atoms with Gasteiger partial charge >= 0.3 is 0 Å². The number of anilines is 2. The molecule has 0 radical (unpaired) electrons. The van der Waals surface area contributed by atoms with Gasteiger partial charge in [0.2, 0.25) is 5.91 Å². The molecule has 1 spiro atoms. The maximum atomic E-state index is 13.0. The molecular formula is C23H29N5O. The van der Waals surface area contributed by atoms with Crippen molar-refractivity contribution in [3.63, 3.8) is 0 Å². The fraction of sp³-hybridized carbons (Fsp3) is 0.435. The molecule has 0 saturated carbocycles. The van der Waals surface area contributed by atoms with Crippen molar-refractivity contribution >= 4 is 23.1 Å². The zero-order valence-corrected chi connectivity index (χ0v) is 17.4. The van der Waals surface area contributed by atoms with Crippen LogP contribution in [0.2, 0.25) is 0 Å². The number of para-hydroxylation sites is 2. The first-order valence-corrected chi connectivity index (χ1v) is 10.3. The normalized spacial score (nSPS) is 22.7. The lowest BCUT2D eigenvalue weighted by Gasteiger charge is -2.48. The van der Waals surface area contributed by atoms with Crippen molar-refractivity contribution in [3.8, 4) is 0 Å². The number of nitrogens with one attached hydrogen (secondary N) is 2. The van der Waals surface area contributed by atoms with E-state index in [0.717, 1.165) is 42.2 Å². The fourth-order valence-electron chi connectivity index (χ4n) is 4.09. The highest BCUT2D eigenvalue weighted by molar-refractivity contribution is 6.10. The predicted molar refractivity (Wildman–Crippen MR) is 117 cm³/mol. The Labute approximate surface area is 172 Å². The zero-order chi connectivity index (χ0) is 20.5. The lowest BCUT2D eigenvalue weighted by molar-refractivity contribution is -0.131. The van der Waals surface area contributed by atoms with Gasteiger partial charge in [-0.15, -0.1) is 0 Å². The molecule has 2 aromatic rings. The molecule has 1 aromatic heterocycles. The van der Waals surface area contributed by atoms with Gasteiger partial charge in [0.15, 0.2) is 0 Å². The number of aromatic nitrogens is 1. The van der Waals surface area contributed by atoms with E-state index in [9.17, 15) is 4.79 Å². The highest BCUT2D eigenvalue weighted by atomic mass is 16.2. The number of hydrogen-bond donors (Lipinski definition) is 2. The number of nitrogens with zero attached hydrogens (tertiary/aromatic N) is 3. The van der Waals surface area contributed by atoms with Crippen LogP contribution in [0.3, 0.4) is 0 Å². The molecule has 1 fully saturated rings. The number of amidine groups is 1. The van der Waals surface area contributed by atoms with Crippen molar-refractivity contribution in [3.05, 3.63) is 54.4 Å². The number of rotatable bonds is 2. The summed E-state index contributed by atoms with van der Waals surface area (Å²) < 4.78 is 0. The third kappa shape index (κ3) is 4.26. The maximum Gasteiger partial charge on any atom is 0.227 e. The monoisotopic (exact) mass is 391 g/mol. The average Bonchev–Trinajstić information content (AvgIpc) is 2.68. The predicted octanol–water partition coefficient (Wildman–Crippen LogP) is 3.72. The minimum absolute atomic E-state index is 0.132. The number of benzene rings is 1. The average molecular weight is 392 g/mol. The van der Waals surface area contributed by atoms with Crippen LogP contribution in [0.15, 0.2) is 53.8 Å². The van der Waals surface area contributed by atoms with E-state index < -0.39 is 5.54 Å². The molecule has 0 aliphatic carbocycles. The van der Waals surface area contributed by atoms with Gasteiger partial charge in [0.05, 0.1) is 29.9 Å². The summed E-state index contributed by atoms with van der Waals surface area (Å²) in [5.74, 6) is 1.05. The summed E-state index contributed by atoms with van der Waals surface area (Å²) in [5, 5.41) is 7.30. The molecule has 1 atom stereocenters. The van der Waals surface area contributed by atoms with Crippen molar-refractivity contribution in [2.45, 2.75) is 51.1 Å². The number of fused-ring (bicyclic) bond motifs is 1. The van der Waals surface area contributed by atoms with E-state index in [1.54, 1.807) is 12.4 Å². The maximum absolute atomic E-state index is 13.0. The zero-order valence-electron chi connectivity index (χ0n) is 17.4. The van der Waals surface area contributed by atoms with Gasteiger partial charge in [0, 0.05) is 18.9 Å². The van der Waals surface area contributed by atoms with Gasteiger partial charge in [-0.25, -0.2) is 0 Å². The first-order valence-electron chi connectivity index (χ1n) is 10.3. The molecule has 1 saturated heterocycles.